The number of nitrogens with two attached hydrogens (primary N) is 1. The monoisotopic (exact) mass is 262 g/mol. The molecule has 0 atom stereocenters. The molecule has 0 aliphatic rings. The second-order valence-corrected chi connectivity index (χ2v) is 3.59. The van der Waals surface area contributed by atoms with Gasteiger partial charge in [0.25, 0.3) is 0 Å². The van der Waals surface area contributed by atoms with Crippen molar-refractivity contribution in [1.29, 1.82) is 0 Å². The van der Waals surface area contributed by atoms with E-state index in [0.717, 1.165) is 17.0 Å². The fourth-order valence-corrected chi connectivity index (χ4v) is 1.46. The van der Waals surface area contributed by atoms with Gasteiger partial charge in [-0.25, -0.2) is 4.98 Å². The summed E-state index contributed by atoms with van der Waals surface area (Å²) in [7, 11) is 1.65. The lowest BCUT2D eigenvalue weighted by Gasteiger charge is -1.99. The first-order valence-corrected chi connectivity index (χ1v) is 5.32. The fourth-order valence-electron chi connectivity index (χ4n) is 1.46. The van der Waals surface area contributed by atoms with Gasteiger partial charge in [0, 0.05) is 0 Å². The van der Waals surface area contributed by atoms with Crippen molar-refractivity contribution in [1.82, 2.24) is 4.98 Å². The SMILES string of the molecule is COc1ccc(/C=C/c2cccc(N)n2)cc1.Cl. The molecular weight excluding hydrogens is 248 g/mol. The lowest BCUT2D eigenvalue weighted by Crippen LogP contribution is -1.90. The summed E-state index contributed by atoms with van der Waals surface area (Å²) in [5, 5.41) is 0. The number of halogens is 1. The first-order chi connectivity index (χ1) is 8.28. The molecule has 2 rings (SSSR count). The van der Waals surface area contributed by atoms with Crippen LogP contribution in [0, 0.1) is 0 Å². The van der Waals surface area contributed by atoms with E-state index in [-0.39, 0.29) is 12.4 Å². The summed E-state index contributed by atoms with van der Waals surface area (Å²) in [5.74, 6) is 1.38. The van der Waals surface area contributed by atoms with Crippen LogP contribution in [0.15, 0.2) is 42.5 Å². The van der Waals surface area contributed by atoms with Crippen LogP contribution < -0.4 is 10.5 Å². The average molecular weight is 263 g/mol. The molecule has 0 bridgehead atoms. The zero-order chi connectivity index (χ0) is 12.1. The molecule has 2 N–H and O–H groups in total. The van der Waals surface area contributed by atoms with Gasteiger partial charge in [-0.2, -0.15) is 0 Å². The molecule has 2 aromatic rings. The molecule has 0 aliphatic heterocycles. The van der Waals surface area contributed by atoms with Gasteiger partial charge in [0.2, 0.25) is 0 Å². The van der Waals surface area contributed by atoms with E-state index in [1.165, 1.54) is 0 Å². The summed E-state index contributed by atoms with van der Waals surface area (Å²) < 4.78 is 5.09. The summed E-state index contributed by atoms with van der Waals surface area (Å²) in [5.41, 5.74) is 7.54. The highest BCUT2D eigenvalue weighted by Gasteiger charge is 1.92. The first kappa shape index (κ1) is 14.1. The second-order valence-electron chi connectivity index (χ2n) is 3.59. The maximum absolute atomic E-state index is 5.60. The Kier molecular flexibility index (Phi) is 5.21. The van der Waals surface area contributed by atoms with Crippen LogP contribution in [0.3, 0.4) is 0 Å². The molecule has 1 aromatic heterocycles. The van der Waals surface area contributed by atoms with Crippen molar-refractivity contribution in [2.45, 2.75) is 0 Å². The predicted octanol–water partition coefficient (Wildman–Crippen LogP) is 3.26. The van der Waals surface area contributed by atoms with Gasteiger partial charge < -0.3 is 10.5 Å². The van der Waals surface area contributed by atoms with E-state index in [2.05, 4.69) is 4.98 Å². The topological polar surface area (TPSA) is 48.1 Å². The molecule has 0 radical (unpaired) electrons. The number of aromatic nitrogens is 1. The molecule has 1 aromatic carbocycles. The molecule has 0 spiro atoms. The summed E-state index contributed by atoms with van der Waals surface area (Å²) in [4.78, 5) is 4.19. The number of hydrogen-bond acceptors (Lipinski definition) is 3. The van der Waals surface area contributed by atoms with Gasteiger partial charge in [0.1, 0.15) is 11.6 Å². The third-order valence-corrected chi connectivity index (χ3v) is 2.35. The second kappa shape index (κ2) is 6.67. The van der Waals surface area contributed by atoms with Crippen LogP contribution in [0.5, 0.6) is 5.75 Å². The third kappa shape index (κ3) is 3.79. The van der Waals surface area contributed by atoms with Crippen molar-refractivity contribution in [2.24, 2.45) is 0 Å². The summed E-state index contributed by atoms with van der Waals surface area (Å²) in [6.07, 6.45) is 3.92. The Hall–Kier alpha value is -2.00. The van der Waals surface area contributed by atoms with Gasteiger partial charge >= 0.3 is 0 Å². The Morgan fingerprint density at radius 3 is 2.39 bits per heavy atom. The molecule has 1 heterocycles. The van der Waals surface area contributed by atoms with Gasteiger partial charge in [-0.15, -0.1) is 12.4 Å². The van der Waals surface area contributed by atoms with Crippen molar-refractivity contribution in [3.63, 3.8) is 0 Å². The van der Waals surface area contributed by atoms with Crippen LogP contribution >= 0.6 is 12.4 Å². The number of benzene rings is 1. The Balaban J connectivity index is 0.00000162. The zero-order valence-corrected chi connectivity index (χ0v) is 10.9. The molecule has 94 valence electrons. The number of methoxy groups -OCH3 is 1. The highest BCUT2D eigenvalue weighted by molar-refractivity contribution is 5.85. The van der Waals surface area contributed by atoms with Crippen molar-refractivity contribution in [2.75, 3.05) is 12.8 Å². The molecular formula is C14H15ClN2O. The van der Waals surface area contributed by atoms with Gasteiger partial charge in [-0.05, 0) is 35.9 Å². The predicted molar refractivity (Wildman–Crippen MR) is 77.8 cm³/mol. The van der Waals surface area contributed by atoms with E-state index < -0.39 is 0 Å². The maximum atomic E-state index is 5.60. The number of ether oxygens (including phenoxy) is 1. The van der Waals surface area contributed by atoms with Crippen LogP contribution in [0.4, 0.5) is 5.82 Å². The molecule has 3 nitrogen and oxygen atoms in total. The summed E-state index contributed by atoms with van der Waals surface area (Å²) >= 11 is 0. The summed E-state index contributed by atoms with van der Waals surface area (Å²) in [6, 6.07) is 13.4. The highest BCUT2D eigenvalue weighted by atomic mass is 35.5. The number of rotatable bonds is 3. The van der Waals surface area contributed by atoms with Crippen LogP contribution in [0.25, 0.3) is 12.2 Å². The van der Waals surface area contributed by atoms with Crippen molar-refractivity contribution >= 4 is 30.4 Å². The minimum atomic E-state index is 0. The van der Waals surface area contributed by atoms with E-state index in [1.807, 2.05) is 48.6 Å². The number of hydrogen-bond donors (Lipinski definition) is 1. The Labute approximate surface area is 113 Å². The van der Waals surface area contributed by atoms with Crippen molar-refractivity contribution < 1.29 is 4.74 Å². The maximum Gasteiger partial charge on any atom is 0.124 e. The van der Waals surface area contributed by atoms with Crippen molar-refractivity contribution in [3.8, 4) is 5.75 Å². The van der Waals surface area contributed by atoms with E-state index >= 15 is 0 Å². The molecule has 0 saturated carbocycles. The smallest absolute Gasteiger partial charge is 0.124 e. The lowest BCUT2D eigenvalue weighted by molar-refractivity contribution is 0.415. The van der Waals surface area contributed by atoms with E-state index in [4.69, 9.17) is 10.5 Å². The van der Waals surface area contributed by atoms with E-state index in [0.29, 0.717) is 5.82 Å². The average Bonchev–Trinajstić information content (AvgIpc) is 2.37. The largest absolute Gasteiger partial charge is 0.497 e. The zero-order valence-electron chi connectivity index (χ0n) is 10.0. The quantitative estimate of drug-likeness (QED) is 0.924. The highest BCUT2D eigenvalue weighted by Crippen LogP contribution is 2.13. The van der Waals surface area contributed by atoms with Crippen LogP contribution in [-0.4, -0.2) is 12.1 Å². The van der Waals surface area contributed by atoms with Crippen molar-refractivity contribution in [3.05, 3.63) is 53.7 Å². The molecule has 0 aliphatic carbocycles. The van der Waals surface area contributed by atoms with Gasteiger partial charge in [0.05, 0.1) is 12.8 Å². The standard InChI is InChI=1S/C14H14N2O.ClH/c1-17-13-9-6-11(7-10-13)5-8-12-3-2-4-14(15)16-12;/h2-10H,1H3,(H2,15,16);1H/b8-5+;. The molecule has 18 heavy (non-hydrogen) atoms. The van der Waals surface area contributed by atoms with Crippen LogP contribution in [-0.2, 0) is 0 Å². The first-order valence-electron chi connectivity index (χ1n) is 5.32. The minimum absolute atomic E-state index is 0. The normalized spacial score (nSPS) is 10.1. The number of nitrogens with zero attached hydrogens (tertiary/aromatic N) is 1. The fraction of sp³-hybridized carbons (Fsp3) is 0.0714. The molecule has 0 amide bonds. The Morgan fingerprint density at radius 2 is 1.78 bits per heavy atom. The molecule has 0 fully saturated rings. The molecule has 0 saturated heterocycles. The van der Waals surface area contributed by atoms with Crippen LogP contribution in [0.1, 0.15) is 11.3 Å². The third-order valence-electron chi connectivity index (χ3n) is 2.35. The van der Waals surface area contributed by atoms with Gasteiger partial charge in [-0.1, -0.05) is 24.3 Å². The van der Waals surface area contributed by atoms with E-state index in [1.54, 1.807) is 13.2 Å². The summed E-state index contributed by atoms with van der Waals surface area (Å²) in [6.45, 7) is 0. The Bertz CT molecular complexity index is 524. The van der Waals surface area contributed by atoms with Gasteiger partial charge in [0.15, 0.2) is 0 Å². The molecule has 0 unspecified atom stereocenters. The molecule has 4 heteroatoms. The lowest BCUT2D eigenvalue weighted by atomic mass is 10.2. The van der Waals surface area contributed by atoms with E-state index in [9.17, 15) is 0 Å². The van der Waals surface area contributed by atoms with Gasteiger partial charge in [-0.3, -0.25) is 0 Å². The number of pyridine rings is 1. The number of anilines is 1. The Morgan fingerprint density at radius 1 is 1.06 bits per heavy atom. The minimum Gasteiger partial charge on any atom is -0.497 e. The van der Waals surface area contributed by atoms with Crippen LogP contribution in [0.2, 0.25) is 0 Å². The number of nitrogen functional groups attached to an aromatic ring is 1.